The summed E-state index contributed by atoms with van der Waals surface area (Å²) in [6.07, 6.45) is 3.50. The molecule has 70 valence electrons. The van der Waals surface area contributed by atoms with Gasteiger partial charge in [0.25, 0.3) is 0 Å². The predicted octanol–water partition coefficient (Wildman–Crippen LogP) is 0.965. The van der Waals surface area contributed by atoms with E-state index in [1.54, 1.807) is 12.4 Å². The molecule has 1 aromatic rings. The first-order valence-electron chi connectivity index (χ1n) is 4.16. The minimum absolute atomic E-state index is 0.506. The standard InChI is InChI=1S/C8H11BrN4/c1-13-4-7(5-13)12-8-10-2-6(9)3-11-8/h2-3,7H,4-5H2,1H3,(H,10,11,12). The lowest BCUT2D eigenvalue weighted by Gasteiger charge is -2.36. The van der Waals surface area contributed by atoms with Crippen molar-refractivity contribution < 1.29 is 0 Å². The van der Waals surface area contributed by atoms with Crippen molar-refractivity contribution in [3.63, 3.8) is 0 Å². The van der Waals surface area contributed by atoms with E-state index in [2.05, 4.69) is 43.2 Å². The van der Waals surface area contributed by atoms with Crippen LogP contribution in [0.15, 0.2) is 16.9 Å². The van der Waals surface area contributed by atoms with Gasteiger partial charge in [-0.15, -0.1) is 0 Å². The van der Waals surface area contributed by atoms with E-state index < -0.39 is 0 Å². The lowest BCUT2D eigenvalue weighted by atomic mass is 10.1. The van der Waals surface area contributed by atoms with Gasteiger partial charge in [0.05, 0.1) is 10.5 Å². The average Bonchev–Trinajstić information content (AvgIpc) is 2.06. The topological polar surface area (TPSA) is 41.0 Å². The van der Waals surface area contributed by atoms with Crippen LogP contribution in [0.5, 0.6) is 0 Å². The van der Waals surface area contributed by atoms with Gasteiger partial charge in [0, 0.05) is 25.5 Å². The van der Waals surface area contributed by atoms with Crippen molar-refractivity contribution in [2.24, 2.45) is 0 Å². The molecule has 1 aliphatic rings. The fourth-order valence-electron chi connectivity index (χ4n) is 1.36. The number of anilines is 1. The van der Waals surface area contributed by atoms with Gasteiger partial charge >= 0.3 is 0 Å². The Hall–Kier alpha value is -0.680. The highest BCUT2D eigenvalue weighted by Gasteiger charge is 2.23. The molecule has 2 heterocycles. The van der Waals surface area contributed by atoms with Crippen molar-refractivity contribution in [1.82, 2.24) is 14.9 Å². The van der Waals surface area contributed by atoms with Crippen LogP contribution in [-0.2, 0) is 0 Å². The van der Waals surface area contributed by atoms with Gasteiger partial charge in [-0.1, -0.05) is 0 Å². The summed E-state index contributed by atoms with van der Waals surface area (Å²) in [5.74, 6) is 0.710. The van der Waals surface area contributed by atoms with Gasteiger partial charge in [-0.05, 0) is 23.0 Å². The van der Waals surface area contributed by atoms with Crippen LogP contribution in [0.4, 0.5) is 5.95 Å². The Kier molecular flexibility index (Phi) is 2.46. The zero-order chi connectivity index (χ0) is 9.26. The smallest absolute Gasteiger partial charge is 0.222 e. The number of nitrogens with zero attached hydrogens (tertiary/aromatic N) is 3. The van der Waals surface area contributed by atoms with Crippen molar-refractivity contribution in [2.45, 2.75) is 6.04 Å². The van der Waals surface area contributed by atoms with Crippen LogP contribution in [0, 0.1) is 0 Å². The predicted molar refractivity (Wildman–Crippen MR) is 54.6 cm³/mol. The molecule has 0 radical (unpaired) electrons. The van der Waals surface area contributed by atoms with Crippen molar-refractivity contribution in [3.05, 3.63) is 16.9 Å². The summed E-state index contributed by atoms with van der Waals surface area (Å²) in [5, 5.41) is 3.25. The van der Waals surface area contributed by atoms with Crippen LogP contribution in [0.3, 0.4) is 0 Å². The molecule has 0 aromatic carbocycles. The highest BCUT2D eigenvalue weighted by molar-refractivity contribution is 9.10. The molecule has 0 saturated carbocycles. The minimum atomic E-state index is 0.506. The molecule has 1 saturated heterocycles. The lowest BCUT2D eigenvalue weighted by Crippen LogP contribution is -2.52. The maximum atomic E-state index is 4.14. The van der Waals surface area contributed by atoms with E-state index in [1.165, 1.54) is 0 Å². The Labute approximate surface area is 85.5 Å². The largest absolute Gasteiger partial charge is 0.349 e. The number of aromatic nitrogens is 2. The molecule has 1 aliphatic heterocycles. The molecule has 0 unspecified atom stereocenters. The number of nitrogens with one attached hydrogen (secondary N) is 1. The number of hydrogen-bond donors (Lipinski definition) is 1. The number of hydrogen-bond acceptors (Lipinski definition) is 4. The Bertz CT molecular complexity index is 281. The third kappa shape index (κ3) is 2.16. The van der Waals surface area contributed by atoms with E-state index in [-0.39, 0.29) is 0 Å². The fraction of sp³-hybridized carbons (Fsp3) is 0.500. The van der Waals surface area contributed by atoms with Gasteiger partial charge in [0.1, 0.15) is 0 Å². The molecule has 13 heavy (non-hydrogen) atoms. The van der Waals surface area contributed by atoms with Gasteiger partial charge in [0.15, 0.2) is 0 Å². The van der Waals surface area contributed by atoms with Crippen LogP contribution in [0.2, 0.25) is 0 Å². The third-order valence-electron chi connectivity index (χ3n) is 2.02. The van der Waals surface area contributed by atoms with Crippen molar-refractivity contribution >= 4 is 21.9 Å². The van der Waals surface area contributed by atoms with Crippen LogP contribution >= 0.6 is 15.9 Å². The maximum Gasteiger partial charge on any atom is 0.222 e. The van der Waals surface area contributed by atoms with Gasteiger partial charge in [-0.25, -0.2) is 9.97 Å². The van der Waals surface area contributed by atoms with E-state index in [0.717, 1.165) is 17.6 Å². The first kappa shape index (κ1) is 8.90. The van der Waals surface area contributed by atoms with Gasteiger partial charge in [-0.3, -0.25) is 0 Å². The maximum absolute atomic E-state index is 4.14. The van der Waals surface area contributed by atoms with E-state index in [1.807, 2.05) is 0 Å². The number of rotatable bonds is 2. The molecule has 1 fully saturated rings. The normalized spacial score (nSPS) is 18.3. The Morgan fingerprint density at radius 2 is 2.08 bits per heavy atom. The zero-order valence-corrected chi connectivity index (χ0v) is 8.95. The summed E-state index contributed by atoms with van der Waals surface area (Å²) in [4.78, 5) is 10.5. The lowest BCUT2D eigenvalue weighted by molar-refractivity contribution is 0.204. The second-order valence-corrected chi connectivity index (χ2v) is 4.20. The summed E-state index contributed by atoms with van der Waals surface area (Å²) >= 11 is 3.29. The highest BCUT2D eigenvalue weighted by atomic mass is 79.9. The minimum Gasteiger partial charge on any atom is -0.349 e. The van der Waals surface area contributed by atoms with Crippen molar-refractivity contribution in [1.29, 1.82) is 0 Å². The molecule has 2 rings (SSSR count). The monoisotopic (exact) mass is 242 g/mol. The Morgan fingerprint density at radius 1 is 1.46 bits per heavy atom. The molecule has 0 atom stereocenters. The average molecular weight is 243 g/mol. The second-order valence-electron chi connectivity index (χ2n) is 3.29. The van der Waals surface area contributed by atoms with Crippen LogP contribution in [0.25, 0.3) is 0 Å². The molecule has 1 aromatic heterocycles. The molecule has 0 spiro atoms. The van der Waals surface area contributed by atoms with Gasteiger partial charge < -0.3 is 10.2 Å². The van der Waals surface area contributed by atoms with Crippen LogP contribution in [0.1, 0.15) is 0 Å². The highest BCUT2D eigenvalue weighted by Crippen LogP contribution is 2.11. The van der Waals surface area contributed by atoms with Gasteiger partial charge in [0.2, 0.25) is 5.95 Å². The molecule has 0 amide bonds. The summed E-state index contributed by atoms with van der Waals surface area (Å²) in [7, 11) is 2.10. The van der Waals surface area contributed by atoms with Crippen molar-refractivity contribution in [2.75, 3.05) is 25.5 Å². The number of likely N-dealkylation sites (tertiary alicyclic amines) is 1. The fourth-order valence-corrected chi connectivity index (χ4v) is 1.56. The summed E-state index contributed by atoms with van der Waals surface area (Å²) in [6, 6.07) is 0.506. The second kappa shape index (κ2) is 3.59. The molecule has 4 nitrogen and oxygen atoms in total. The summed E-state index contributed by atoms with van der Waals surface area (Å²) in [6.45, 7) is 2.14. The molecular weight excluding hydrogens is 232 g/mol. The number of likely N-dealkylation sites (N-methyl/N-ethyl adjacent to an activating group) is 1. The SMILES string of the molecule is CN1CC(Nc2ncc(Br)cn2)C1. The van der Waals surface area contributed by atoms with E-state index in [4.69, 9.17) is 0 Å². The molecule has 1 N–H and O–H groups in total. The summed E-state index contributed by atoms with van der Waals surface area (Å²) in [5.41, 5.74) is 0. The van der Waals surface area contributed by atoms with Crippen molar-refractivity contribution in [3.8, 4) is 0 Å². The van der Waals surface area contributed by atoms with E-state index in [9.17, 15) is 0 Å². The zero-order valence-electron chi connectivity index (χ0n) is 7.37. The molecular formula is C8H11BrN4. The van der Waals surface area contributed by atoms with Gasteiger partial charge in [-0.2, -0.15) is 0 Å². The first-order chi connectivity index (χ1) is 6.24. The number of halogens is 1. The Morgan fingerprint density at radius 3 is 2.62 bits per heavy atom. The molecule has 5 heteroatoms. The third-order valence-corrected chi connectivity index (χ3v) is 2.43. The molecule has 0 aliphatic carbocycles. The molecule has 0 bridgehead atoms. The van der Waals surface area contributed by atoms with E-state index in [0.29, 0.717) is 12.0 Å². The van der Waals surface area contributed by atoms with Crippen LogP contribution < -0.4 is 5.32 Å². The quantitative estimate of drug-likeness (QED) is 0.840. The van der Waals surface area contributed by atoms with E-state index >= 15 is 0 Å². The first-order valence-corrected chi connectivity index (χ1v) is 4.96. The Balaban J connectivity index is 1.91. The van der Waals surface area contributed by atoms with Crippen LogP contribution in [-0.4, -0.2) is 41.0 Å². The summed E-state index contributed by atoms with van der Waals surface area (Å²) < 4.78 is 0.906.